The lowest BCUT2D eigenvalue weighted by Gasteiger charge is -2.34. The molecule has 1 amide bonds. The number of amides is 1. The number of carboxylic acid groups (broad SMARTS) is 1. The number of hydrogen-bond donors (Lipinski definition) is 2. The van der Waals surface area contributed by atoms with E-state index in [1.165, 1.54) is 0 Å². The Labute approximate surface area is 148 Å². The lowest BCUT2D eigenvalue weighted by Crippen LogP contribution is -2.55. The van der Waals surface area contributed by atoms with Gasteiger partial charge in [0.05, 0.1) is 13.2 Å². The van der Waals surface area contributed by atoms with Crippen LogP contribution in [0.5, 0.6) is 11.5 Å². The fourth-order valence-corrected chi connectivity index (χ4v) is 3.14. The van der Waals surface area contributed by atoms with Crippen LogP contribution in [0, 0.1) is 0 Å². The van der Waals surface area contributed by atoms with Crippen LogP contribution < -0.4 is 14.8 Å². The Morgan fingerprint density at radius 2 is 1.76 bits per heavy atom. The number of carbonyl (C=O) groups is 2. The highest BCUT2D eigenvalue weighted by Crippen LogP contribution is 2.29. The zero-order chi connectivity index (χ0) is 18.1. The molecule has 1 aliphatic carbocycles. The first kappa shape index (κ1) is 19.1. The number of benzene rings is 1. The van der Waals surface area contributed by atoms with E-state index in [-0.39, 0.29) is 12.3 Å². The molecule has 1 aromatic carbocycles. The number of hydrogen-bond acceptors (Lipinski definition) is 4. The van der Waals surface area contributed by atoms with Crippen molar-refractivity contribution in [2.75, 3.05) is 13.2 Å². The number of aliphatic carboxylic acids is 1. The third-order valence-electron chi connectivity index (χ3n) is 4.45. The summed E-state index contributed by atoms with van der Waals surface area (Å²) in [4.78, 5) is 23.7. The molecular formula is C19H27NO5. The fourth-order valence-electron chi connectivity index (χ4n) is 3.14. The van der Waals surface area contributed by atoms with Gasteiger partial charge in [-0.2, -0.15) is 0 Å². The van der Waals surface area contributed by atoms with Gasteiger partial charge in [-0.3, -0.25) is 4.79 Å². The van der Waals surface area contributed by atoms with E-state index in [9.17, 15) is 14.7 Å². The number of carbonyl (C=O) groups excluding carboxylic acids is 1. The quantitative estimate of drug-likeness (QED) is 0.669. The Morgan fingerprint density at radius 3 is 2.36 bits per heavy atom. The van der Waals surface area contributed by atoms with Crippen molar-refractivity contribution in [3.05, 3.63) is 24.3 Å². The maximum atomic E-state index is 12.1. The smallest absolute Gasteiger partial charge is 0.329 e. The molecule has 0 aliphatic heterocycles. The molecule has 25 heavy (non-hydrogen) atoms. The average molecular weight is 349 g/mol. The van der Waals surface area contributed by atoms with Gasteiger partial charge in [-0.05, 0) is 38.3 Å². The normalized spacial score (nSPS) is 16.0. The summed E-state index contributed by atoms with van der Waals surface area (Å²) in [5.74, 6) is 0.175. The summed E-state index contributed by atoms with van der Waals surface area (Å²) in [6.07, 6.45) is 4.47. The molecule has 0 atom stereocenters. The molecule has 6 heteroatoms. The maximum absolute atomic E-state index is 12.1. The van der Waals surface area contributed by atoms with E-state index in [0.717, 1.165) is 19.3 Å². The minimum atomic E-state index is -1.09. The molecule has 2 rings (SSSR count). The van der Waals surface area contributed by atoms with E-state index in [2.05, 4.69) is 5.32 Å². The lowest BCUT2D eigenvalue weighted by atomic mass is 9.81. The van der Waals surface area contributed by atoms with Gasteiger partial charge in [0.1, 0.15) is 5.54 Å². The van der Waals surface area contributed by atoms with E-state index >= 15 is 0 Å². The lowest BCUT2D eigenvalue weighted by molar-refractivity contribution is -0.149. The topological polar surface area (TPSA) is 84.9 Å². The van der Waals surface area contributed by atoms with Crippen LogP contribution in [-0.2, 0) is 9.59 Å². The van der Waals surface area contributed by atoms with E-state index in [0.29, 0.717) is 44.0 Å². The van der Waals surface area contributed by atoms with Crippen LogP contribution in [0.1, 0.15) is 51.9 Å². The largest absolute Gasteiger partial charge is 0.490 e. The molecular weight excluding hydrogens is 322 g/mol. The first-order valence-corrected chi connectivity index (χ1v) is 8.96. The Hall–Kier alpha value is -2.24. The summed E-state index contributed by atoms with van der Waals surface area (Å²) < 4.78 is 11.2. The van der Waals surface area contributed by atoms with Crippen LogP contribution in [0.2, 0.25) is 0 Å². The van der Waals surface area contributed by atoms with Gasteiger partial charge in [0.25, 0.3) is 0 Å². The van der Waals surface area contributed by atoms with Gasteiger partial charge in [0.2, 0.25) is 5.91 Å². The van der Waals surface area contributed by atoms with Gasteiger partial charge < -0.3 is 19.9 Å². The van der Waals surface area contributed by atoms with Gasteiger partial charge in [-0.15, -0.1) is 0 Å². The van der Waals surface area contributed by atoms with Crippen molar-refractivity contribution < 1.29 is 24.2 Å². The average Bonchev–Trinajstić information content (AvgIpc) is 2.61. The van der Waals surface area contributed by atoms with E-state index < -0.39 is 11.5 Å². The van der Waals surface area contributed by atoms with Crippen molar-refractivity contribution in [3.8, 4) is 11.5 Å². The van der Waals surface area contributed by atoms with Crippen molar-refractivity contribution in [2.45, 2.75) is 57.4 Å². The zero-order valence-electron chi connectivity index (χ0n) is 14.8. The van der Waals surface area contributed by atoms with E-state index in [4.69, 9.17) is 9.47 Å². The summed E-state index contributed by atoms with van der Waals surface area (Å²) in [6.45, 7) is 2.84. The SMILES string of the molecule is CCOc1ccccc1OCCCC(=O)NC1(C(=O)O)CCCCC1. The summed E-state index contributed by atoms with van der Waals surface area (Å²) in [5, 5.41) is 12.2. The van der Waals surface area contributed by atoms with Gasteiger partial charge in [0.15, 0.2) is 11.5 Å². The first-order chi connectivity index (χ1) is 12.1. The van der Waals surface area contributed by atoms with Crippen molar-refractivity contribution >= 4 is 11.9 Å². The molecule has 0 unspecified atom stereocenters. The van der Waals surface area contributed by atoms with Gasteiger partial charge >= 0.3 is 5.97 Å². The molecule has 0 heterocycles. The number of para-hydroxylation sites is 2. The molecule has 2 N–H and O–H groups in total. The van der Waals surface area contributed by atoms with Crippen LogP contribution in [0.4, 0.5) is 0 Å². The van der Waals surface area contributed by atoms with Crippen molar-refractivity contribution in [1.29, 1.82) is 0 Å². The molecule has 1 saturated carbocycles. The summed E-state index contributed by atoms with van der Waals surface area (Å²) in [7, 11) is 0. The number of carboxylic acids is 1. The number of ether oxygens (including phenoxy) is 2. The van der Waals surface area contributed by atoms with E-state index in [1.807, 2.05) is 31.2 Å². The third kappa shape index (κ3) is 5.37. The highest BCUT2D eigenvalue weighted by Gasteiger charge is 2.40. The molecule has 6 nitrogen and oxygen atoms in total. The van der Waals surface area contributed by atoms with Crippen molar-refractivity contribution in [2.24, 2.45) is 0 Å². The van der Waals surface area contributed by atoms with Crippen LogP contribution in [0.3, 0.4) is 0 Å². The van der Waals surface area contributed by atoms with Gasteiger partial charge in [0, 0.05) is 6.42 Å². The molecule has 0 spiro atoms. The predicted molar refractivity (Wildman–Crippen MR) is 93.9 cm³/mol. The van der Waals surface area contributed by atoms with Crippen LogP contribution in [0.25, 0.3) is 0 Å². The summed E-state index contributed by atoms with van der Waals surface area (Å²) in [6, 6.07) is 7.41. The Bertz CT molecular complexity index is 581. The minimum absolute atomic E-state index is 0.231. The fraction of sp³-hybridized carbons (Fsp3) is 0.579. The second-order valence-corrected chi connectivity index (χ2v) is 6.33. The number of nitrogens with one attached hydrogen (secondary N) is 1. The van der Waals surface area contributed by atoms with Crippen molar-refractivity contribution in [1.82, 2.24) is 5.32 Å². The highest BCUT2D eigenvalue weighted by atomic mass is 16.5. The standard InChI is InChI=1S/C19H27NO5/c1-2-24-15-9-4-5-10-16(15)25-14-8-11-17(21)20-19(18(22)23)12-6-3-7-13-19/h4-5,9-10H,2-3,6-8,11-14H2,1H3,(H,20,21)(H,22,23). The third-order valence-corrected chi connectivity index (χ3v) is 4.45. The molecule has 1 aliphatic rings. The number of rotatable bonds is 9. The van der Waals surface area contributed by atoms with Crippen LogP contribution in [0.15, 0.2) is 24.3 Å². The molecule has 0 saturated heterocycles. The Kier molecular flexibility index (Phi) is 7.10. The molecule has 1 fully saturated rings. The monoisotopic (exact) mass is 349 g/mol. The van der Waals surface area contributed by atoms with Crippen molar-refractivity contribution in [3.63, 3.8) is 0 Å². The molecule has 0 aromatic heterocycles. The minimum Gasteiger partial charge on any atom is -0.490 e. The molecule has 0 bridgehead atoms. The summed E-state index contributed by atoms with van der Waals surface area (Å²) in [5.41, 5.74) is -1.09. The second-order valence-electron chi connectivity index (χ2n) is 6.33. The van der Waals surface area contributed by atoms with Crippen LogP contribution in [-0.4, -0.2) is 35.7 Å². The molecule has 0 radical (unpaired) electrons. The predicted octanol–water partition coefficient (Wildman–Crippen LogP) is 3.15. The second kappa shape index (κ2) is 9.30. The summed E-state index contributed by atoms with van der Waals surface area (Å²) >= 11 is 0. The first-order valence-electron chi connectivity index (χ1n) is 8.96. The van der Waals surface area contributed by atoms with E-state index in [1.54, 1.807) is 0 Å². The Morgan fingerprint density at radius 1 is 1.12 bits per heavy atom. The zero-order valence-corrected chi connectivity index (χ0v) is 14.8. The Balaban J connectivity index is 1.78. The van der Waals surface area contributed by atoms with Gasteiger partial charge in [-0.1, -0.05) is 31.4 Å². The van der Waals surface area contributed by atoms with Crippen LogP contribution >= 0.6 is 0 Å². The maximum Gasteiger partial charge on any atom is 0.329 e. The molecule has 138 valence electrons. The highest BCUT2D eigenvalue weighted by molar-refractivity contribution is 5.87. The van der Waals surface area contributed by atoms with Gasteiger partial charge in [-0.25, -0.2) is 4.79 Å². The molecule has 1 aromatic rings.